The summed E-state index contributed by atoms with van der Waals surface area (Å²) in [4.78, 5) is 20.0. The fourth-order valence-electron chi connectivity index (χ4n) is 2.41. The van der Waals surface area contributed by atoms with E-state index in [0.29, 0.717) is 0 Å². The zero-order valence-corrected chi connectivity index (χ0v) is 8.86. The molecule has 0 aromatic carbocycles. The molecular weight excluding hydrogens is 190 g/mol. The number of carbonyl (C=O) groups is 1. The Kier molecular flexibility index (Phi) is 2.66. The molecule has 82 valence electrons. The van der Waals surface area contributed by atoms with Gasteiger partial charge in [-0.3, -0.25) is 4.79 Å². The first kappa shape index (κ1) is 10.1. The minimum atomic E-state index is -0.379. The molecule has 0 saturated heterocycles. The van der Waals surface area contributed by atoms with Crippen molar-refractivity contribution in [1.82, 2.24) is 15.3 Å². The van der Waals surface area contributed by atoms with Gasteiger partial charge in [-0.1, -0.05) is 12.8 Å². The number of aromatic nitrogens is 2. The lowest BCUT2D eigenvalue weighted by Gasteiger charge is -2.26. The SMILES string of the molecule is CNC(=O)C1(c2cncnc2)CCCC1.[HH]. The van der Waals surface area contributed by atoms with Gasteiger partial charge in [0.1, 0.15) is 6.33 Å². The van der Waals surface area contributed by atoms with Crippen LogP contribution in [0.3, 0.4) is 0 Å². The first-order valence-corrected chi connectivity index (χ1v) is 5.27. The van der Waals surface area contributed by atoms with Gasteiger partial charge in [0.2, 0.25) is 5.91 Å². The Labute approximate surface area is 90.6 Å². The molecule has 0 spiro atoms. The quantitative estimate of drug-likeness (QED) is 0.794. The van der Waals surface area contributed by atoms with E-state index >= 15 is 0 Å². The van der Waals surface area contributed by atoms with Crippen LogP contribution in [0.25, 0.3) is 0 Å². The number of carbonyl (C=O) groups excluding carboxylic acids is 1. The summed E-state index contributed by atoms with van der Waals surface area (Å²) in [5, 5.41) is 2.75. The number of likely N-dealkylation sites (N-methyl/N-ethyl adjacent to an activating group) is 1. The van der Waals surface area contributed by atoms with Crippen molar-refractivity contribution in [2.75, 3.05) is 7.05 Å². The standard InChI is InChI=1S/C11H15N3O.H2/c1-12-10(15)11(4-2-3-5-11)9-6-13-8-14-7-9;/h6-8H,2-5H2,1H3,(H,12,15);1H. The summed E-state index contributed by atoms with van der Waals surface area (Å²) in [6.45, 7) is 0. The van der Waals surface area contributed by atoms with Crippen molar-refractivity contribution in [2.45, 2.75) is 31.1 Å². The predicted molar refractivity (Wildman–Crippen MR) is 58.4 cm³/mol. The maximum absolute atomic E-state index is 12.0. The van der Waals surface area contributed by atoms with Gasteiger partial charge in [-0.25, -0.2) is 9.97 Å². The molecule has 4 nitrogen and oxygen atoms in total. The van der Waals surface area contributed by atoms with Crippen LogP contribution in [0.15, 0.2) is 18.7 Å². The van der Waals surface area contributed by atoms with E-state index in [1.165, 1.54) is 6.33 Å². The third kappa shape index (κ3) is 1.60. The fraction of sp³-hybridized carbons (Fsp3) is 0.545. The van der Waals surface area contributed by atoms with Crippen LogP contribution in [0.1, 0.15) is 32.7 Å². The molecule has 0 aliphatic heterocycles. The second-order valence-corrected chi connectivity index (χ2v) is 4.00. The average Bonchev–Trinajstić information content (AvgIpc) is 2.79. The summed E-state index contributed by atoms with van der Waals surface area (Å²) in [5.41, 5.74) is 0.567. The second kappa shape index (κ2) is 3.96. The Morgan fingerprint density at radius 2 is 2.00 bits per heavy atom. The van der Waals surface area contributed by atoms with Crippen molar-refractivity contribution in [3.05, 3.63) is 24.3 Å². The van der Waals surface area contributed by atoms with Crippen LogP contribution in [0.2, 0.25) is 0 Å². The van der Waals surface area contributed by atoms with Gasteiger partial charge < -0.3 is 5.32 Å². The molecule has 1 aromatic rings. The lowest BCUT2D eigenvalue weighted by Crippen LogP contribution is -2.41. The maximum Gasteiger partial charge on any atom is 0.230 e. The molecule has 0 atom stereocenters. The number of rotatable bonds is 2. The Hall–Kier alpha value is -1.45. The van der Waals surface area contributed by atoms with Gasteiger partial charge in [-0.2, -0.15) is 0 Å². The van der Waals surface area contributed by atoms with E-state index < -0.39 is 0 Å². The molecular formula is C11H17N3O. The summed E-state index contributed by atoms with van der Waals surface area (Å²) in [7, 11) is 1.69. The highest BCUT2D eigenvalue weighted by molar-refractivity contribution is 5.88. The van der Waals surface area contributed by atoms with Crippen LogP contribution in [0.4, 0.5) is 0 Å². The zero-order chi connectivity index (χ0) is 10.7. The molecule has 15 heavy (non-hydrogen) atoms. The van der Waals surface area contributed by atoms with Gasteiger partial charge in [-0.15, -0.1) is 0 Å². The Bertz CT molecular complexity index is 350. The topological polar surface area (TPSA) is 54.9 Å². The highest BCUT2D eigenvalue weighted by Crippen LogP contribution is 2.40. The molecule has 1 heterocycles. The van der Waals surface area contributed by atoms with Crippen molar-refractivity contribution in [3.8, 4) is 0 Å². The number of hydrogen-bond acceptors (Lipinski definition) is 3. The number of nitrogens with one attached hydrogen (secondary N) is 1. The Morgan fingerprint density at radius 1 is 1.40 bits per heavy atom. The van der Waals surface area contributed by atoms with Crippen LogP contribution < -0.4 is 5.32 Å². The van der Waals surface area contributed by atoms with Crippen LogP contribution in [0.5, 0.6) is 0 Å². The number of amides is 1. The first-order valence-electron chi connectivity index (χ1n) is 5.27. The summed E-state index contributed by atoms with van der Waals surface area (Å²) < 4.78 is 0. The van der Waals surface area contributed by atoms with Gasteiger partial charge in [0.05, 0.1) is 5.41 Å². The van der Waals surface area contributed by atoms with E-state index in [1.54, 1.807) is 19.4 Å². The van der Waals surface area contributed by atoms with Crippen molar-refractivity contribution >= 4 is 5.91 Å². The largest absolute Gasteiger partial charge is 0.358 e. The van der Waals surface area contributed by atoms with Gasteiger partial charge in [0.25, 0.3) is 0 Å². The van der Waals surface area contributed by atoms with E-state index in [4.69, 9.17) is 0 Å². The van der Waals surface area contributed by atoms with Gasteiger partial charge in [-0.05, 0) is 12.8 Å². The van der Waals surface area contributed by atoms with Crippen molar-refractivity contribution in [1.29, 1.82) is 0 Å². The van der Waals surface area contributed by atoms with E-state index in [0.717, 1.165) is 31.2 Å². The molecule has 0 radical (unpaired) electrons. The molecule has 0 bridgehead atoms. The predicted octanol–water partition coefficient (Wildman–Crippen LogP) is 1.28. The average molecular weight is 207 g/mol. The third-order valence-corrected chi connectivity index (χ3v) is 3.23. The van der Waals surface area contributed by atoms with Crippen molar-refractivity contribution in [2.24, 2.45) is 0 Å². The second-order valence-electron chi connectivity index (χ2n) is 4.00. The van der Waals surface area contributed by atoms with Crippen LogP contribution in [0, 0.1) is 0 Å². The Balaban J connectivity index is 0.00000128. The molecule has 0 unspecified atom stereocenters. The number of nitrogens with zero attached hydrogens (tertiary/aromatic N) is 2. The van der Waals surface area contributed by atoms with E-state index in [9.17, 15) is 4.79 Å². The van der Waals surface area contributed by atoms with Crippen molar-refractivity contribution < 1.29 is 6.22 Å². The molecule has 1 N–H and O–H groups in total. The van der Waals surface area contributed by atoms with Gasteiger partial charge >= 0.3 is 0 Å². The smallest absolute Gasteiger partial charge is 0.230 e. The minimum Gasteiger partial charge on any atom is -0.358 e. The normalized spacial score (nSPS) is 18.7. The lowest BCUT2D eigenvalue weighted by atomic mass is 9.79. The molecule has 1 amide bonds. The van der Waals surface area contributed by atoms with Crippen LogP contribution >= 0.6 is 0 Å². The Morgan fingerprint density at radius 3 is 2.53 bits per heavy atom. The molecule has 1 aliphatic carbocycles. The molecule has 1 saturated carbocycles. The summed E-state index contributed by atoms with van der Waals surface area (Å²) >= 11 is 0. The first-order chi connectivity index (χ1) is 7.29. The lowest BCUT2D eigenvalue weighted by molar-refractivity contribution is -0.126. The highest BCUT2D eigenvalue weighted by Gasteiger charge is 2.42. The monoisotopic (exact) mass is 207 g/mol. The maximum atomic E-state index is 12.0. The number of hydrogen-bond donors (Lipinski definition) is 1. The third-order valence-electron chi connectivity index (χ3n) is 3.23. The summed E-state index contributed by atoms with van der Waals surface area (Å²) in [6.07, 6.45) is 9.02. The molecule has 2 rings (SSSR count). The fourth-order valence-corrected chi connectivity index (χ4v) is 2.41. The highest BCUT2D eigenvalue weighted by atomic mass is 16.2. The summed E-state index contributed by atoms with van der Waals surface area (Å²) in [5.74, 6) is 0.0924. The van der Waals surface area contributed by atoms with Gasteiger partial charge in [0.15, 0.2) is 0 Å². The molecule has 1 aromatic heterocycles. The van der Waals surface area contributed by atoms with Crippen LogP contribution in [-0.2, 0) is 10.2 Å². The van der Waals surface area contributed by atoms with E-state index in [1.807, 2.05) is 0 Å². The summed E-state index contributed by atoms with van der Waals surface area (Å²) in [6, 6.07) is 0. The molecule has 4 heteroatoms. The zero-order valence-electron chi connectivity index (χ0n) is 8.86. The van der Waals surface area contributed by atoms with E-state index in [-0.39, 0.29) is 12.7 Å². The molecule has 1 aliphatic rings. The van der Waals surface area contributed by atoms with E-state index in [2.05, 4.69) is 15.3 Å². The van der Waals surface area contributed by atoms with Crippen LogP contribution in [-0.4, -0.2) is 22.9 Å². The van der Waals surface area contributed by atoms with Crippen molar-refractivity contribution in [3.63, 3.8) is 0 Å². The minimum absolute atomic E-state index is 0. The van der Waals surface area contributed by atoms with Gasteiger partial charge in [0, 0.05) is 26.4 Å². The molecule has 1 fully saturated rings.